The van der Waals surface area contributed by atoms with Gasteiger partial charge in [0.15, 0.2) is 0 Å². The van der Waals surface area contributed by atoms with Crippen molar-refractivity contribution >= 4 is 5.91 Å². The Morgan fingerprint density at radius 1 is 1.17 bits per heavy atom. The van der Waals surface area contributed by atoms with Crippen LogP contribution in [0.15, 0.2) is 48.8 Å². The highest BCUT2D eigenvalue weighted by atomic mass is 16.3. The molecule has 0 bridgehead atoms. The van der Waals surface area contributed by atoms with E-state index < -0.39 is 6.10 Å². The van der Waals surface area contributed by atoms with Gasteiger partial charge in [-0.2, -0.15) is 5.10 Å². The van der Waals surface area contributed by atoms with Gasteiger partial charge in [0, 0.05) is 45.1 Å². The van der Waals surface area contributed by atoms with Gasteiger partial charge in [0.25, 0.3) is 0 Å². The van der Waals surface area contributed by atoms with Gasteiger partial charge in [0.1, 0.15) is 6.04 Å². The lowest BCUT2D eigenvalue weighted by Gasteiger charge is -2.36. The summed E-state index contributed by atoms with van der Waals surface area (Å²) in [5.74, 6) is 0.0990. The molecule has 0 radical (unpaired) electrons. The SMILES string of the molecule is C[C@H](C(=O)N1CCN(C[C@@H](O)c2ccccc2)CC1)n1cccn1. The summed E-state index contributed by atoms with van der Waals surface area (Å²) in [6.45, 7) is 5.41. The molecule has 1 fully saturated rings. The number of aliphatic hydroxyl groups is 1. The summed E-state index contributed by atoms with van der Waals surface area (Å²) in [5.41, 5.74) is 0.934. The lowest BCUT2D eigenvalue weighted by Crippen LogP contribution is -2.51. The molecule has 1 aliphatic heterocycles. The van der Waals surface area contributed by atoms with Crippen LogP contribution in [-0.4, -0.2) is 63.3 Å². The number of piperazine rings is 1. The van der Waals surface area contributed by atoms with Gasteiger partial charge in [-0.05, 0) is 18.6 Å². The molecule has 6 nitrogen and oxygen atoms in total. The Hall–Kier alpha value is -2.18. The molecule has 2 heterocycles. The summed E-state index contributed by atoms with van der Waals surface area (Å²) in [4.78, 5) is 16.6. The number of carbonyl (C=O) groups excluding carboxylic acids is 1. The highest BCUT2D eigenvalue weighted by Gasteiger charge is 2.26. The second-order valence-corrected chi connectivity index (χ2v) is 6.21. The molecule has 1 amide bonds. The smallest absolute Gasteiger partial charge is 0.247 e. The molecular formula is C18H24N4O2. The van der Waals surface area contributed by atoms with Crippen molar-refractivity contribution in [2.24, 2.45) is 0 Å². The molecule has 2 atom stereocenters. The van der Waals surface area contributed by atoms with Crippen molar-refractivity contribution in [3.05, 3.63) is 54.4 Å². The third kappa shape index (κ3) is 3.83. The molecule has 1 N–H and O–H groups in total. The number of amides is 1. The Kier molecular flexibility index (Phi) is 5.27. The Balaban J connectivity index is 1.50. The molecule has 1 aromatic heterocycles. The van der Waals surface area contributed by atoms with Crippen LogP contribution in [-0.2, 0) is 4.79 Å². The first-order chi connectivity index (χ1) is 11.6. The van der Waals surface area contributed by atoms with Crippen LogP contribution in [0.5, 0.6) is 0 Å². The molecule has 1 aromatic carbocycles. The van der Waals surface area contributed by atoms with Gasteiger partial charge in [0.05, 0.1) is 6.10 Å². The summed E-state index contributed by atoms with van der Waals surface area (Å²) in [5, 5.41) is 14.5. The molecule has 0 spiro atoms. The van der Waals surface area contributed by atoms with Gasteiger partial charge in [-0.25, -0.2) is 0 Å². The molecule has 2 aromatic rings. The molecule has 0 aliphatic carbocycles. The average molecular weight is 328 g/mol. The van der Waals surface area contributed by atoms with Crippen molar-refractivity contribution in [2.75, 3.05) is 32.7 Å². The number of hydrogen-bond acceptors (Lipinski definition) is 4. The fraction of sp³-hybridized carbons (Fsp3) is 0.444. The van der Waals surface area contributed by atoms with E-state index in [1.165, 1.54) is 0 Å². The van der Waals surface area contributed by atoms with Crippen molar-refractivity contribution in [3.63, 3.8) is 0 Å². The summed E-state index contributed by atoms with van der Waals surface area (Å²) in [6.07, 6.45) is 3.01. The van der Waals surface area contributed by atoms with E-state index in [2.05, 4.69) is 10.00 Å². The predicted molar refractivity (Wildman–Crippen MR) is 91.4 cm³/mol. The van der Waals surface area contributed by atoms with E-state index in [0.717, 1.165) is 18.7 Å². The van der Waals surface area contributed by atoms with E-state index >= 15 is 0 Å². The van der Waals surface area contributed by atoms with Crippen LogP contribution in [0.2, 0.25) is 0 Å². The van der Waals surface area contributed by atoms with Gasteiger partial charge in [-0.3, -0.25) is 14.4 Å². The van der Waals surface area contributed by atoms with Crippen LogP contribution in [0.1, 0.15) is 24.6 Å². The highest BCUT2D eigenvalue weighted by Crippen LogP contribution is 2.16. The molecule has 3 rings (SSSR count). The van der Waals surface area contributed by atoms with Crippen molar-refractivity contribution in [2.45, 2.75) is 19.1 Å². The Labute approximate surface area is 142 Å². The Morgan fingerprint density at radius 3 is 2.50 bits per heavy atom. The molecule has 1 aliphatic rings. The van der Waals surface area contributed by atoms with Gasteiger partial charge in [0.2, 0.25) is 5.91 Å². The number of rotatable bonds is 5. The number of nitrogens with zero attached hydrogens (tertiary/aromatic N) is 4. The first-order valence-electron chi connectivity index (χ1n) is 8.38. The quantitative estimate of drug-likeness (QED) is 0.899. The van der Waals surface area contributed by atoms with Crippen LogP contribution in [0.25, 0.3) is 0 Å². The van der Waals surface area contributed by atoms with E-state index in [1.807, 2.05) is 54.4 Å². The highest BCUT2D eigenvalue weighted by molar-refractivity contribution is 5.80. The molecule has 0 saturated carbocycles. The van der Waals surface area contributed by atoms with Crippen molar-refractivity contribution in [1.82, 2.24) is 19.6 Å². The number of hydrogen-bond donors (Lipinski definition) is 1. The summed E-state index contributed by atoms with van der Waals surface area (Å²) in [6, 6.07) is 11.2. The van der Waals surface area contributed by atoms with Crippen LogP contribution in [0.4, 0.5) is 0 Å². The Morgan fingerprint density at radius 2 is 1.88 bits per heavy atom. The minimum absolute atomic E-state index is 0.0990. The zero-order valence-electron chi connectivity index (χ0n) is 14.0. The zero-order chi connectivity index (χ0) is 16.9. The van der Waals surface area contributed by atoms with Gasteiger partial charge < -0.3 is 10.0 Å². The number of β-amino-alcohol motifs (C(OH)–C–C–N with tert-alkyl or cyclic N) is 1. The third-order valence-electron chi connectivity index (χ3n) is 4.58. The minimum Gasteiger partial charge on any atom is -0.387 e. The predicted octanol–water partition coefficient (Wildman–Crippen LogP) is 1.32. The van der Waals surface area contributed by atoms with Crippen molar-refractivity contribution < 1.29 is 9.90 Å². The molecule has 0 unspecified atom stereocenters. The minimum atomic E-state index is -0.489. The van der Waals surface area contributed by atoms with E-state index in [4.69, 9.17) is 0 Å². The second-order valence-electron chi connectivity index (χ2n) is 6.21. The fourth-order valence-electron chi connectivity index (χ4n) is 3.06. The van der Waals surface area contributed by atoms with Gasteiger partial charge in [-0.1, -0.05) is 30.3 Å². The maximum absolute atomic E-state index is 12.5. The van der Waals surface area contributed by atoms with Crippen LogP contribution in [0.3, 0.4) is 0 Å². The van der Waals surface area contributed by atoms with Crippen molar-refractivity contribution in [1.29, 1.82) is 0 Å². The molecule has 6 heteroatoms. The number of aliphatic hydroxyl groups excluding tert-OH is 1. The van der Waals surface area contributed by atoms with Crippen LogP contribution < -0.4 is 0 Å². The van der Waals surface area contributed by atoms with Crippen LogP contribution in [0, 0.1) is 0 Å². The fourth-order valence-corrected chi connectivity index (χ4v) is 3.06. The lowest BCUT2D eigenvalue weighted by atomic mass is 10.1. The maximum atomic E-state index is 12.5. The van der Waals surface area contributed by atoms with Crippen LogP contribution >= 0.6 is 0 Å². The summed E-state index contributed by atoms with van der Waals surface area (Å²) in [7, 11) is 0. The third-order valence-corrected chi connectivity index (χ3v) is 4.58. The maximum Gasteiger partial charge on any atom is 0.247 e. The summed E-state index contributed by atoms with van der Waals surface area (Å²) < 4.78 is 1.69. The standard InChI is InChI=1S/C18H24N4O2/c1-15(22-9-5-8-19-22)18(24)21-12-10-20(11-13-21)14-17(23)16-6-3-2-4-7-16/h2-9,15,17,23H,10-14H2,1H3/t15-,17-/m1/s1. The largest absolute Gasteiger partial charge is 0.387 e. The second kappa shape index (κ2) is 7.59. The normalized spacial score (nSPS) is 18.3. The monoisotopic (exact) mass is 328 g/mol. The first-order valence-corrected chi connectivity index (χ1v) is 8.38. The van der Waals surface area contributed by atoms with E-state index in [0.29, 0.717) is 19.6 Å². The molecule has 24 heavy (non-hydrogen) atoms. The van der Waals surface area contributed by atoms with E-state index in [9.17, 15) is 9.90 Å². The Bertz CT molecular complexity index is 636. The van der Waals surface area contributed by atoms with E-state index in [-0.39, 0.29) is 11.9 Å². The topological polar surface area (TPSA) is 61.6 Å². The number of benzene rings is 1. The lowest BCUT2D eigenvalue weighted by molar-refractivity contribution is -0.136. The van der Waals surface area contributed by atoms with E-state index in [1.54, 1.807) is 10.9 Å². The number of carbonyl (C=O) groups is 1. The van der Waals surface area contributed by atoms with Crippen molar-refractivity contribution in [3.8, 4) is 0 Å². The summed E-state index contributed by atoms with van der Waals surface area (Å²) >= 11 is 0. The molecule has 1 saturated heterocycles. The molecule has 128 valence electrons. The number of aromatic nitrogens is 2. The van der Waals surface area contributed by atoms with Gasteiger partial charge >= 0.3 is 0 Å². The molecular weight excluding hydrogens is 304 g/mol. The first kappa shape index (κ1) is 16.7. The zero-order valence-corrected chi connectivity index (χ0v) is 14.0. The van der Waals surface area contributed by atoms with Gasteiger partial charge in [-0.15, -0.1) is 0 Å². The average Bonchev–Trinajstić information content (AvgIpc) is 3.16.